The van der Waals surface area contributed by atoms with Gasteiger partial charge >= 0.3 is 0 Å². The van der Waals surface area contributed by atoms with Crippen LogP contribution in [-0.4, -0.2) is 22.4 Å². The zero-order chi connectivity index (χ0) is 21.5. The van der Waals surface area contributed by atoms with E-state index in [1.54, 1.807) is 42.9 Å². The number of nitrogens with two attached hydrogens (primary N) is 1. The Hall–Kier alpha value is -3.45. The predicted octanol–water partition coefficient (Wildman–Crippen LogP) is 4.23. The highest BCUT2D eigenvalue weighted by molar-refractivity contribution is 7.90. The second kappa shape index (κ2) is 7.35. The lowest BCUT2D eigenvalue weighted by Crippen LogP contribution is -2.38. The van der Waals surface area contributed by atoms with Gasteiger partial charge in [-0.1, -0.05) is 48.9 Å². The topological polar surface area (TPSA) is 90.9 Å². The van der Waals surface area contributed by atoms with Crippen LogP contribution in [0.15, 0.2) is 90.2 Å². The molecular weight excluding hydrogens is 408 g/mol. The molecular formula is C24H22N4O2S. The molecule has 1 aliphatic carbocycles. The second-order valence-corrected chi connectivity index (χ2v) is 9.67. The van der Waals surface area contributed by atoms with Gasteiger partial charge in [0, 0.05) is 35.3 Å². The average Bonchev–Trinajstić information content (AvgIpc) is 3.26. The van der Waals surface area contributed by atoms with Crippen LogP contribution in [0.25, 0.3) is 11.1 Å². The molecule has 1 saturated carbocycles. The van der Waals surface area contributed by atoms with E-state index in [0.717, 1.165) is 41.6 Å². The van der Waals surface area contributed by atoms with Gasteiger partial charge in [-0.2, -0.15) is 0 Å². The first-order valence-electron chi connectivity index (χ1n) is 10.2. The average molecular weight is 431 g/mol. The van der Waals surface area contributed by atoms with Gasteiger partial charge in [0.2, 0.25) is 5.95 Å². The van der Waals surface area contributed by atoms with Crippen molar-refractivity contribution in [2.24, 2.45) is 0 Å². The van der Waals surface area contributed by atoms with E-state index in [2.05, 4.69) is 22.1 Å². The molecule has 2 N–H and O–H groups in total. The van der Waals surface area contributed by atoms with Crippen molar-refractivity contribution in [3.8, 4) is 11.1 Å². The summed E-state index contributed by atoms with van der Waals surface area (Å²) in [6.45, 7) is 0. The summed E-state index contributed by atoms with van der Waals surface area (Å²) in [4.78, 5) is 8.41. The molecule has 1 aliphatic rings. The van der Waals surface area contributed by atoms with Crippen molar-refractivity contribution in [2.75, 3.05) is 5.73 Å². The lowest BCUT2D eigenvalue weighted by atomic mass is 9.62. The third-order valence-electron chi connectivity index (χ3n) is 6.15. The maximum atomic E-state index is 13.3. The highest BCUT2D eigenvalue weighted by atomic mass is 32.2. The zero-order valence-corrected chi connectivity index (χ0v) is 17.7. The third-order valence-corrected chi connectivity index (χ3v) is 7.86. The van der Waals surface area contributed by atoms with Crippen LogP contribution in [0.4, 0.5) is 5.95 Å². The first-order chi connectivity index (χ1) is 15.0. The number of nitrogens with zero attached hydrogens (tertiary/aromatic N) is 3. The van der Waals surface area contributed by atoms with Gasteiger partial charge in [-0.05, 0) is 48.2 Å². The van der Waals surface area contributed by atoms with Crippen LogP contribution in [0.2, 0.25) is 0 Å². The Morgan fingerprint density at radius 3 is 2.13 bits per heavy atom. The van der Waals surface area contributed by atoms with Gasteiger partial charge < -0.3 is 5.73 Å². The minimum Gasteiger partial charge on any atom is -0.368 e. The van der Waals surface area contributed by atoms with Crippen molar-refractivity contribution >= 4 is 16.0 Å². The monoisotopic (exact) mass is 430 g/mol. The molecule has 0 saturated heterocycles. The highest BCUT2D eigenvalue weighted by Gasteiger charge is 2.43. The molecule has 2 aromatic carbocycles. The lowest BCUT2D eigenvalue weighted by molar-refractivity contribution is 0.292. The highest BCUT2D eigenvalue weighted by Crippen LogP contribution is 2.49. The fraction of sp³-hybridized carbons (Fsp3) is 0.167. The molecule has 6 nitrogen and oxygen atoms in total. The van der Waals surface area contributed by atoms with Crippen LogP contribution in [0.3, 0.4) is 0 Å². The number of anilines is 1. The van der Waals surface area contributed by atoms with Crippen LogP contribution in [0.1, 0.15) is 30.5 Å². The van der Waals surface area contributed by atoms with Gasteiger partial charge in [0.25, 0.3) is 10.0 Å². The molecule has 31 heavy (non-hydrogen) atoms. The molecule has 0 spiro atoms. The zero-order valence-electron chi connectivity index (χ0n) is 16.8. The summed E-state index contributed by atoms with van der Waals surface area (Å²) < 4.78 is 28.1. The molecule has 0 radical (unpaired) electrons. The lowest BCUT2D eigenvalue weighted by Gasteiger charge is -2.43. The summed E-state index contributed by atoms with van der Waals surface area (Å²) in [7, 11) is -3.66. The van der Waals surface area contributed by atoms with Crippen LogP contribution in [-0.2, 0) is 15.4 Å². The molecule has 0 amide bonds. The minimum absolute atomic E-state index is 0.245. The molecule has 1 fully saturated rings. The van der Waals surface area contributed by atoms with E-state index in [4.69, 9.17) is 5.73 Å². The Balaban J connectivity index is 1.55. The van der Waals surface area contributed by atoms with Crippen molar-refractivity contribution in [3.63, 3.8) is 0 Å². The maximum Gasteiger partial charge on any atom is 0.267 e. The maximum absolute atomic E-state index is 13.3. The molecule has 4 aromatic rings. The van der Waals surface area contributed by atoms with Crippen molar-refractivity contribution in [3.05, 3.63) is 96.6 Å². The third kappa shape index (κ3) is 3.21. The second-order valence-electron chi connectivity index (χ2n) is 7.85. The molecule has 156 valence electrons. The Morgan fingerprint density at radius 1 is 0.839 bits per heavy atom. The molecule has 2 heterocycles. The smallest absolute Gasteiger partial charge is 0.267 e. The van der Waals surface area contributed by atoms with E-state index in [1.807, 2.05) is 30.3 Å². The summed E-state index contributed by atoms with van der Waals surface area (Å²) >= 11 is 0. The number of benzene rings is 2. The molecule has 2 aromatic heterocycles. The van der Waals surface area contributed by atoms with Crippen molar-refractivity contribution in [2.45, 2.75) is 29.6 Å². The Bertz CT molecular complexity index is 1310. The van der Waals surface area contributed by atoms with Gasteiger partial charge in [0.05, 0.1) is 4.90 Å². The van der Waals surface area contributed by atoms with E-state index in [9.17, 15) is 8.42 Å². The molecule has 7 heteroatoms. The fourth-order valence-corrected chi connectivity index (χ4v) is 5.80. The molecule has 0 bridgehead atoms. The molecule has 0 unspecified atom stereocenters. The summed E-state index contributed by atoms with van der Waals surface area (Å²) in [5.74, 6) is 0.245. The van der Waals surface area contributed by atoms with Gasteiger partial charge in [-0.3, -0.25) is 0 Å². The quantitative estimate of drug-likeness (QED) is 0.511. The van der Waals surface area contributed by atoms with Crippen LogP contribution in [0.5, 0.6) is 0 Å². The fourth-order valence-electron chi connectivity index (χ4n) is 4.34. The van der Waals surface area contributed by atoms with Crippen molar-refractivity contribution in [1.82, 2.24) is 13.9 Å². The number of aromatic nitrogens is 3. The van der Waals surface area contributed by atoms with Crippen molar-refractivity contribution in [1.29, 1.82) is 0 Å². The first-order valence-corrected chi connectivity index (χ1v) is 11.6. The summed E-state index contributed by atoms with van der Waals surface area (Å²) in [5, 5.41) is 0. The molecule has 0 atom stereocenters. The summed E-state index contributed by atoms with van der Waals surface area (Å²) in [6.07, 6.45) is 7.93. The predicted molar refractivity (Wildman–Crippen MR) is 120 cm³/mol. The van der Waals surface area contributed by atoms with Crippen molar-refractivity contribution < 1.29 is 8.42 Å². The van der Waals surface area contributed by atoms with Gasteiger partial charge in [0.1, 0.15) is 0 Å². The summed E-state index contributed by atoms with van der Waals surface area (Å²) in [6, 6.07) is 20.5. The molecule has 0 aliphatic heterocycles. The molecule has 5 rings (SSSR count). The van der Waals surface area contributed by atoms with E-state index in [-0.39, 0.29) is 11.4 Å². The van der Waals surface area contributed by atoms with Gasteiger partial charge in [-0.15, -0.1) is 0 Å². The Kier molecular flexibility index (Phi) is 4.63. The van der Waals surface area contributed by atoms with Gasteiger partial charge in [0.15, 0.2) is 0 Å². The van der Waals surface area contributed by atoms with E-state index in [0.29, 0.717) is 4.90 Å². The SMILES string of the molecule is Nc1ncc(-c2ccc(C3(c4cccn4S(=O)(=O)c4ccccc4)CCC3)cc2)cn1. The number of rotatable bonds is 5. The van der Waals surface area contributed by atoms with Gasteiger partial charge in [-0.25, -0.2) is 22.4 Å². The largest absolute Gasteiger partial charge is 0.368 e. The first kappa shape index (κ1) is 19.5. The number of hydrogen-bond donors (Lipinski definition) is 1. The summed E-state index contributed by atoms with van der Waals surface area (Å²) in [5.41, 5.74) is 9.07. The Morgan fingerprint density at radius 2 is 1.52 bits per heavy atom. The standard InChI is InChI=1S/C24H22N4O2S/c25-23-26-16-19(17-27-23)18-9-11-20(12-10-18)24(13-5-14-24)22-8-4-15-28(22)31(29,30)21-6-2-1-3-7-21/h1-4,6-12,15-17H,5,13-14H2,(H2,25,26,27). The van der Waals surface area contributed by atoms with Crippen LogP contribution in [0, 0.1) is 0 Å². The Labute approximate surface area is 181 Å². The number of nitrogen functional groups attached to an aromatic ring is 1. The minimum atomic E-state index is -3.66. The normalized spacial score (nSPS) is 15.4. The van der Waals surface area contributed by atoms with Crippen LogP contribution < -0.4 is 5.73 Å². The van der Waals surface area contributed by atoms with E-state index < -0.39 is 10.0 Å². The van der Waals surface area contributed by atoms with E-state index >= 15 is 0 Å². The van der Waals surface area contributed by atoms with Crippen LogP contribution >= 0.6 is 0 Å². The van der Waals surface area contributed by atoms with E-state index in [1.165, 1.54) is 3.97 Å². The number of hydrogen-bond acceptors (Lipinski definition) is 5.